The highest BCUT2D eigenvalue weighted by Crippen LogP contribution is 2.30. The normalized spacial score (nSPS) is 13.6. The number of amides is 1. The molecule has 1 aliphatic rings. The average molecular weight is 209 g/mol. The maximum Gasteiger partial charge on any atom is 0.244 e. The van der Waals surface area contributed by atoms with E-state index in [1.807, 2.05) is 24.3 Å². The molecule has 0 spiro atoms. The van der Waals surface area contributed by atoms with Crippen LogP contribution >= 0.6 is 0 Å². The Morgan fingerprint density at radius 2 is 1.88 bits per heavy atom. The number of hydrogen-bond acceptors (Lipinski definition) is 1. The Morgan fingerprint density at radius 1 is 1.12 bits per heavy atom. The zero-order valence-corrected chi connectivity index (χ0v) is 8.73. The topological polar surface area (TPSA) is 43.1 Å². The van der Waals surface area contributed by atoms with Gasteiger partial charge in [0.2, 0.25) is 5.91 Å². The highest BCUT2D eigenvalue weighted by atomic mass is 16.1. The van der Waals surface area contributed by atoms with Crippen LogP contribution in [-0.2, 0) is 11.2 Å². The summed E-state index contributed by atoms with van der Waals surface area (Å²) in [4.78, 5) is 11.2. The highest BCUT2D eigenvalue weighted by molar-refractivity contribution is 6.04. The van der Waals surface area contributed by atoms with Crippen LogP contribution in [0.4, 0.5) is 0 Å². The van der Waals surface area contributed by atoms with E-state index in [0.29, 0.717) is 12.0 Å². The van der Waals surface area contributed by atoms with Gasteiger partial charge in [-0.05, 0) is 28.0 Å². The van der Waals surface area contributed by atoms with Gasteiger partial charge in [0.25, 0.3) is 0 Å². The molecule has 0 aliphatic heterocycles. The Labute approximate surface area is 93.4 Å². The number of hydrogen-bond donors (Lipinski definition) is 1. The predicted octanol–water partition coefficient (Wildman–Crippen LogP) is 2.26. The minimum atomic E-state index is -0.327. The van der Waals surface area contributed by atoms with Crippen LogP contribution in [-0.4, -0.2) is 5.91 Å². The van der Waals surface area contributed by atoms with E-state index in [9.17, 15) is 4.79 Å². The van der Waals surface area contributed by atoms with Crippen molar-refractivity contribution in [2.75, 3.05) is 0 Å². The average Bonchev–Trinajstić information content (AvgIpc) is 2.29. The van der Waals surface area contributed by atoms with Gasteiger partial charge in [0.05, 0.1) is 0 Å². The largest absolute Gasteiger partial charge is 0.366 e. The van der Waals surface area contributed by atoms with E-state index in [1.165, 1.54) is 16.3 Å². The van der Waals surface area contributed by atoms with Gasteiger partial charge in [0.1, 0.15) is 0 Å². The number of carbonyl (C=O) groups excluding carboxylic acids is 1. The summed E-state index contributed by atoms with van der Waals surface area (Å²) in [6.07, 6.45) is 2.54. The molecule has 2 heteroatoms. The summed E-state index contributed by atoms with van der Waals surface area (Å²) in [6, 6.07) is 12.3. The quantitative estimate of drug-likeness (QED) is 0.769. The fraction of sp³-hybridized carbons (Fsp3) is 0.0714. The summed E-state index contributed by atoms with van der Waals surface area (Å²) in [5, 5.41) is 2.46. The van der Waals surface area contributed by atoms with E-state index in [-0.39, 0.29) is 5.91 Å². The molecule has 78 valence electrons. The molecule has 2 aromatic rings. The van der Waals surface area contributed by atoms with Crippen LogP contribution in [0.1, 0.15) is 11.1 Å². The molecule has 2 N–H and O–H groups in total. The maximum absolute atomic E-state index is 11.2. The summed E-state index contributed by atoms with van der Waals surface area (Å²) in [6.45, 7) is 0. The molecule has 0 atom stereocenters. The Bertz CT molecular complexity index is 620. The summed E-state index contributed by atoms with van der Waals surface area (Å²) < 4.78 is 0. The molecule has 2 aromatic carbocycles. The minimum Gasteiger partial charge on any atom is -0.366 e. The third-order valence-corrected chi connectivity index (χ3v) is 3.05. The molecule has 1 amide bonds. The standard InChI is InChI=1S/C14H11NO/c15-14(16)12-7-10-5-1-3-9-4-2-6-11(8-12)13(9)10/h1-7H,8H2,(H2,15,16). The predicted molar refractivity (Wildman–Crippen MR) is 64.8 cm³/mol. The van der Waals surface area contributed by atoms with Crippen molar-refractivity contribution in [3.63, 3.8) is 0 Å². The molecule has 0 saturated heterocycles. The van der Waals surface area contributed by atoms with Gasteiger partial charge in [-0.25, -0.2) is 0 Å². The third-order valence-electron chi connectivity index (χ3n) is 3.05. The van der Waals surface area contributed by atoms with Crippen LogP contribution in [0.15, 0.2) is 42.0 Å². The van der Waals surface area contributed by atoms with Gasteiger partial charge in [0, 0.05) is 12.0 Å². The fourth-order valence-electron chi connectivity index (χ4n) is 2.32. The lowest BCUT2D eigenvalue weighted by Gasteiger charge is -2.15. The first kappa shape index (κ1) is 9.16. The van der Waals surface area contributed by atoms with Crippen LogP contribution in [0.25, 0.3) is 16.8 Å². The first-order valence-electron chi connectivity index (χ1n) is 5.27. The molecule has 0 aromatic heterocycles. The Morgan fingerprint density at radius 3 is 2.62 bits per heavy atom. The number of rotatable bonds is 1. The fourth-order valence-corrected chi connectivity index (χ4v) is 2.32. The molecule has 2 nitrogen and oxygen atoms in total. The first-order chi connectivity index (χ1) is 7.75. The van der Waals surface area contributed by atoms with Gasteiger partial charge in [-0.2, -0.15) is 0 Å². The first-order valence-corrected chi connectivity index (χ1v) is 5.27. The molecule has 0 saturated carbocycles. The smallest absolute Gasteiger partial charge is 0.244 e. The van der Waals surface area contributed by atoms with E-state index in [0.717, 1.165) is 5.56 Å². The molecular formula is C14H11NO. The molecular weight excluding hydrogens is 198 g/mol. The molecule has 0 unspecified atom stereocenters. The number of carbonyl (C=O) groups is 1. The Hall–Kier alpha value is -2.09. The minimum absolute atomic E-state index is 0.327. The van der Waals surface area contributed by atoms with Gasteiger partial charge in [-0.3, -0.25) is 4.79 Å². The second-order valence-corrected chi connectivity index (χ2v) is 4.07. The van der Waals surface area contributed by atoms with E-state index in [4.69, 9.17) is 5.73 Å². The van der Waals surface area contributed by atoms with Crippen molar-refractivity contribution >= 4 is 22.8 Å². The van der Waals surface area contributed by atoms with E-state index < -0.39 is 0 Å². The van der Waals surface area contributed by atoms with Gasteiger partial charge in [-0.1, -0.05) is 36.4 Å². The van der Waals surface area contributed by atoms with Crippen molar-refractivity contribution in [3.8, 4) is 0 Å². The molecule has 0 bridgehead atoms. The summed E-state index contributed by atoms with van der Waals surface area (Å²) in [7, 11) is 0. The van der Waals surface area contributed by atoms with Crippen LogP contribution in [0.2, 0.25) is 0 Å². The summed E-state index contributed by atoms with van der Waals surface area (Å²) >= 11 is 0. The van der Waals surface area contributed by atoms with Gasteiger partial charge >= 0.3 is 0 Å². The SMILES string of the molecule is NC(=O)C1=Cc2cccc3cccc(c23)C1. The van der Waals surface area contributed by atoms with Crippen LogP contribution < -0.4 is 5.73 Å². The Balaban J connectivity index is 2.36. The van der Waals surface area contributed by atoms with Gasteiger partial charge < -0.3 is 5.73 Å². The number of benzene rings is 2. The van der Waals surface area contributed by atoms with Crippen LogP contribution in [0.5, 0.6) is 0 Å². The number of nitrogens with two attached hydrogens (primary N) is 1. The summed E-state index contributed by atoms with van der Waals surface area (Å²) in [5.74, 6) is -0.327. The van der Waals surface area contributed by atoms with Crippen molar-refractivity contribution in [1.82, 2.24) is 0 Å². The van der Waals surface area contributed by atoms with Gasteiger partial charge in [-0.15, -0.1) is 0 Å². The zero-order chi connectivity index (χ0) is 11.1. The molecule has 0 fully saturated rings. The van der Waals surface area contributed by atoms with Crippen molar-refractivity contribution in [2.24, 2.45) is 5.73 Å². The van der Waals surface area contributed by atoms with Crippen molar-refractivity contribution < 1.29 is 4.79 Å². The van der Waals surface area contributed by atoms with Crippen LogP contribution in [0, 0.1) is 0 Å². The van der Waals surface area contributed by atoms with E-state index in [1.54, 1.807) is 0 Å². The lowest BCUT2D eigenvalue weighted by molar-refractivity contribution is -0.114. The lowest BCUT2D eigenvalue weighted by atomic mass is 9.89. The molecule has 16 heavy (non-hydrogen) atoms. The third kappa shape index (κ3) is 1.23. The number of primary amides is 1. The van der Waals surface area contributed by atoms with Crippen molar-refractivity contribution in [1.29, 1.82) is 0 Å². The molecule has 1 aliphatic carbocycles. The Kier molecular flexibility index (Phi) is 1.83. The molecule has 0 radical (unpaired) electrons. The van der Waals surface area contributed by atoms with Crippen molar-refractivity contribution in [2.45, 2.75) is 6.42 Å². The molecule has 0 heterocycles. The van der Waals surface area contributed by atoms with Crippen LogP contribution in [0.3, 0.4) is 0 Å². The maximum atomic E-state index is 11.2. The monoisotopic (exact) mass is 209 g/mol. The zero-order valence-electron chi connectivity index (χ0n) is 8.73. The summed E-state index contributed by atoms with van der Waals surface area (Å²) in [5.41, 5.74) is 8.31. The van der Waals surface area contributed by atoms with Gasteiger partial charge in [0.15, 0.2) is 0 Å². The van der Waals surface area contributed by atoms with E-state index >= 15 is 0 Å². The van der Waals surface area contributed by atoms with Crippen molar-refractivity contribution in [3.05, 3.63) is 53.1 Å². The second-order valence-electron chi connectivity index (χ2n) is 4.07. The van der Waals surface area contributed by atoms with E-state index in [2.05, 4.69) is 18.2 Å². The second kappa shape index (κ2) is 3.20. The lowest BCUT2D eigenvalue weighted by Crippen LogP contribution is -2.17. The molecule has 3 rings (SSSR count). The highest BCUT2D eigenvalue weighted by Gasteiger charge is 2.15.